The molecule has 1 N–H and O–H groups in total. The average Bonchev–Trinajstić information content (AvgIpc) is 3.25. The number of nitrogens with one attached hydrogen (secondary N) is 1. The lowest BCUT2D eigenvalue weighted by Crippen LogP contribution is -2.29. The summed E-state index contributed by atoms with van der Waals surface area (Å²) >= 11 is 0. The van der Waals surface area contributed by atoms with Crippen LogP contribution in [0.15, 0.2) is 24.3 Å². The van der Waals surface area contributed by atoms with E-state index in [4.69, 9.17) is 4.74 Å². The first-order valence-electron chi connectivity index (χ1n) is 9.12. The van der Waals surface area contributed by atoms with Crippen molar-refractivity contribution >= 4 is 17.6 Å². The van der Waals surface area contributed by atoms with Gasteiger partial charge in [-0.2, -0.15) is 0 Å². The van der Waals surface area contributed by atoms with Crippen LogP contribution in [0.2, 0.25) is 0 Å². The van der Waals surface area contributed by atoms with Crippen molar-refractivity contribution in [3.05, 3.63) is 35.4 Å². The van der Waals surface area contributed by atoms with E-state index in [2.05, 4.69) is 5.32 Å². The van der Waals surface area contributed by atoms with Gasteiger partial charge in [0.05, 0.1) is 12.5 Å². The van der Waals surface area contributed by atoms with Crippen molar-refractivity contribution in [1.29, 1.82) is 0 Å². The van der Waals surface area contributed by atoms with Crippen LogP contribution >= 0.6 is 0 Å². The molecule has 26 heavy (non-hydrogen) atoms. The van der Waals surface area contributed by atoms with E-state index in [9.17, 15) is 14.4 Å². The molecule has 1 aromatic carbocycles. The van der Waals surface area contributed by atoms with Crippen LogP contribution in [0.25, 0.3) is 0 Å². The number of nitrogens with zero attached hydrogens (tertiary/aromatic N) is 1. The van der Waals surface area contributed by atoms with Gasteiger partial charge in [0.15, 0.2) is 0 Å². The molecular weight excluding hydrogens is 332 g/mol. The third kappa shape index (κ3) is 4.12. The fourth-order valence-electron chi connectivity index (χ4n) is 3.91. The Hall–Kier alpha value is -2.21. The van der Waals surface area contributed by atoms with Gasteiger partial charge in [0.1, 0.15) is 5.78 Å². The highest BCUT2D eigenvalue weighted by molar-refractivity contribution is 5.96. The standard InChI is InChI=1S/C20H26N2O4/c1-22(20(25)19-15-6-7-16(23)18(15)19)12-14-5-3-4-13(10-14)11-21-17(24)8-9-26-2/h3-5,10,15,18-19H,6-9,11-12H2,1-2H3,(H,21,24). The van der Waals surface area contributed by atoms with E-state index < -0.39 is 0 Å². The van der Waals surface area contributed by atoms with E-state index in [0.29, 0.717) is 32.5 Å². The molecule has 1 aromatic rings. The lowest BCUT2D eigenvalue weighted by atomic mass is 10.1. The topological polar surface area (TPSA) is 75.7 Å². The lowest BCUT2D eigenvalue weighted by molar-refractivity contribution is -0.134. The summed E-state index contributed by atoms with van der Waals surface area (Å²) in [6.45, 7) is 1.37. The van der Waals surface area contributed by atoms with Gasteiger partial charge in [0.25, 0.3) is 0 Å². The average molecular weight is 358 g/mol. The van der Waals surface area contributed by atoms with Gasteiger partial charge >= 0.3 is 0 Å². The Balaban J connectivity index is 1.51. The van der Waals surface area contributed by atoms with Gasteiger partial charge in [0, 0.05) is 46.0 Å². The third-order valence-electron chi connectivity index (χ3n) is 5.36. The Morgan fingerprint density at radius 1 is 1.31 bits per heavy atom. The minimum absolute atomic E-state index is 0.0152. The quantitative estimate of drug-likeness (QED) is 0.765. The maximum absolute atomic E-state index is 12.6. The zero-order valence-electron chi connectivity index (χ0n) is 15.4. The summed E-state index contributed by atoms with van der Waals surface area (Å²) in [5, 5.41) is 2.86. The van der Waals surface area contributed by atoms with Gasteiger partial charge in [-0.3, -0.25) is 14.4 Å². The fourth-order valence-corrected chi connectivity index (χ4v) is 3.91. The molecule has 2 amide bonds. The predicted molar refractivity (Wildman–Crippen MR) is 96.0 cm³/mol. The molecule has 0 radical (unpaired) electrons. The maximum atomic E-state index is 12.6. The molecule has 2 fully saturated rings. The van der Waals surface area contributed by atoms with Crippen molar-refractivity contribution in [2.75, 3.05) is 20.8 Å². The van der Waals surface area contributed by atoms with Crippen LogP contribution < -0.4 is 5.32 Å². The van der Waals surface area contributed by atoms with Crippen molar-refractivity contribution in [3.8, 4) is 0 Å². The van der Waals surface area contributed by atoms with Gasteiger partial charge in [-0.25, -0.2) is 0 Å². The number of ether oxygens (including phenoxy) is 1. The molecule has 6 heteroatoms. The highest BCUT2D eigenvalue weighted by Gasteiger charge is 2.61. The Morgan fingerprint density at radius 3 is 2.77 bits per heavy atom. The minimum atomic E-state index is -0.0931. The predicted octanol–water partition coefficient (Wildman–Crippen LogP) is 1.52. The van der Waals surface area contributed by atoms with Crippen LogP contribution in [0, 0.1) is 17.8 Å². The second-order valence-corrected chi connectivity index (χ2v) is 7.25. The van der Waals surface area contributed by atoms with Crippen molar-refractivity contribution in [2.24, 2.45) is 17.8 Å². The summed E-state index contributed by atoms with van der Waals surface area (Å²) in [7, 11) is 3.36. The number of amides is 2. The number of hydrogen-bond donors (Lipinski definition) is 1. The molecule has 0 saturated heterocycles. The number of ketones is 1. The van der Waals surface area contributed by atoms with Gasteiger partial charge in [-0.15, -0.1) is 0 Å². The molecular formula is C20H26N2O4. The van der Waals surface area contributed by atoms with Crippen LogP contribution in [0.4, 0.5) is 0 Å². The number of rotatable bonds is 8. The monoisotopic (exact) mass is 358 g/mol. The first kappa shape index (κ1) is 18.6. The van der Waals surface area contributed by atoms with Gasteiger partial charge in [-0.1, -0.05) is 24.3 Å². The second kappa shape index (κ2) is 7.99. The molecule has 0 aliphatic heterocycles. The lowest BCUT2D eigenvalue weighted by Gasteiger charge is -2.19. The number of benzene rings is 1. The van der Waals surface area contributed by atoms with Gasteiger partial charge < -0.3 is 15.0 Å². The molecule has 0 aromatic heterocycles. The van der Waals surface area contributed by atoms with E-state index in [-0.39, 0.29) is 35.4 Å². The van der Waals surface area contributed by atoms with Crippen LogP contribution in [0.3, 0.4) is 0 Å². The van der Waals surface area contributed by atoms with Crippen molar-refractivity contribution in [2.45, 2.75) is 32.4 Å². The van der Waals surface area contributed by atoms with Crippen molar-refractivity contribution in [1.82, 2.24) is 10.2 Å². The molecule has 0 bridgehead atoms. The van der Waals surface area contributed by atoms with Gasteiger partial charge in [-0.05, 0) is 23.5 Å². The third-order valence-corrected chi connectivity index (χ3v) is 5.36. The normalized spacial score (nSPS) is 23.5. The zero-order valence-corrected chi connectivity index (χ0v) is 15.4. The van der Waals surface area contributed by atoms with E-state index in [0.717, 1.165) is 17.5 Å². The zero-order chi connectivity index (χ0) is 18.7. The number of fused-ring (bicyclic) bond motifs is 1. The first-order valence-corrected chi connectivity index (χ1v) is 9.12. The smallest absolute Gasteiger partial charge is 0.226 e. The molecule has 0 heterocycles. The number of Topliss-reactive ketones (excluding diaryl/α,β-unsaturated/α-hetero) is 1. The summed E-state index contributed by atoms with van der Waals surface area (Å²) in [6, 6.07) is 7.85. The minimum Gasteiger partial charge on any atom is -0.384 e. The summed E-state index contributed by atoms with van der Waals surface area (Å²) in [5.41, 5.74) is 2.01. The Bertz CT molecular complexity index is 703. The Labute approximate surface area is 153 Å². The van der Waals surface area contributed by atoms with Crippen molar-refractivity contribution in [3.63, 3.8) is 0 Å². The summed E-state index contributed by atoms with van der Waals surface area (Å²) in [4.78, 5) is 37.7. The largest absolute Gasteiger partial charge is 0.384 e. The van der Waals surface area contributed by atoms with Crippen LogP contribution in [0.5, 0.6) is 0 Å². The molecule has 0 spiro atoms. The molecule has 2 aliphatic rings. The number of hydrogen-bond acceptors (Lipinski definition) is 4. The molecule has 140 valence electrons. The van der Waals surface area contributed by atoms with Gasteiger partial charge in [0.2, 0.25) is 11.8 Å². The van der Waals surface area contributed by atoms with E-state index >= 15 is 0 Å². The van der Waals surface area contributed by atoms with Crippen LogP contribution in [-0.2, 0) is 32.2 Å². The Morgan fingerprint density at radius 2 is 2.08 bits per heavy atom. The first-order chi connectivity index (χ1) is 12.5. The highest BCUT2D eigenvalue weighted by Crippen LogP contribution is 2.56. The van der Waals surface area contributed by atoms with E-state index in [1.807, 2.05) is 24.3 Å². The van der Waals surface area contributed by atoms with Crippen LogP contribution in [-0.4, -0.2) is 43.3 Å². The number of carbonyl (C=O) groups excluding carboxylic acids is 3. The molecule has 3 unspecified atom stereocenters. The number of carbonyl (C=O) groups is 3. The Kier molecular flexibility index (Phi) is 5.71. The number of methoxy groups -OCH3 is 1. The van der Waals surface area contributed by atoms with Crippen molar-refractivity contribution < 1.29 is 19.1 Å². The van der Waals surface area contributed by atoms with E-state index in [1.165, 1.54) is 0 Å². The molecule has 3 rings (SSSR count). The summed E-state index contributed by atoms with van der Waals surface area (Å²) in [5.74, 6) is 0.461. The molecule has 2 saturated carbocycles. The maximum Gasteiger partial charge on any atom is 0.226 e. The SMILES string of the molecule is COCCC(=O)NCc1cccc(CN(C)C(=O)C2C3CCC(=O)C32)c1. The molecule has 6 nitrogen and oxygen atoms in total. The molecule has 3 atom stereocenters. The fraction of sp³-hybridized carbons (Fsp3) is 0.550. The molecule has 2 aliphatic carbocycles. The highest BCUT2D eigenvalue weighted by atomic mass is 16.5. The summed E-state index contributed by atoms with van der Waals surface area (Å²) < 4.78 is 4.89. The van der Waals surface area contributed by atoms with E-state index in [1.54, 1.807) is 19.1 Å². The second-order valence-electron chi connectivity index (χ2n) is 7.25. The van der Waals surface area contributed by atoms with Crippen LogP contribution in [0.1, 0.15) is 30.4 Å². The summed E-state index contributed by atoms with van der Waals surface area (Å²) in [6.07, 6.45) is 1.85.